The molecule has 0 aromatic heterocycles. The maximum Gasteiger partial charge on any atom is 0.143 e. The molecule has 4 nitrogen and oxygen atoms in total. The van der Waals surface area contributed by atoms with Crippen molar-refractivity contribution in [1.29, 1.82) is 0 Å². The molecule has 0 radical (unpaired) electrons. The van der Waals surface area contributed by atoms with Crippen LogP contribution in [0.4, 0.5) is 0 Å². The molecular formula is C25H28O4. The van der Waals surface area contributed by atoms with Crippen molar-refractivity contribution in [2.75, 3.05) is 26.4 Å². The normalized spacial score (nSPS) is 12.6. The van der Waals surface area contributed by atoms with Crippen LogP contribution in [-0.2, 0) is 15.1 Å². The van der Waals surface area contributed by atoms with E-state index >= 15 is 0 Å². The zero-order valence-corrected chi connectivity index (χ0v) is 16.5. The zero-order valence-electron chi connectivity index (χ0n) is 16.5. The molecule has 1 unspecified atom stereocenters. The second kappa shape index (κ2) is 10.9. The van der Waals surface area contributed by atoms with E-state index in [1.807, 2.05) is 54.6 Å². The standard InChI is InChI=1S/C25H28O4/c26-17-16-24(28-19-18-27)20-29-25(21-10-4-1-5-11-21,22-12-6-2-7-13-22)23-14-8-3-9-15-23/h1-15,24,26-27H,16-20H2. The molecule has 0 saturated carbocycles. The summed E-state index contributed by atoms with van der Waals surface area (Å²) < 4.78 is 12.4. The van der Waals surface area contributed by atoms with Gasteiger partial charge in [0.25, 0.3) is 0 Å². The molecule has 0 saturated heterocycles. The summed E-state index contributed by atoms with van der Waals surface area (Å²) in [7, 11) is 0. The molecule has 0 aliphatic rings. The second-order valence-corrected chi connectivity index (χ2v) is 6.82. The van der Waals surface area contributed by atoms with Crippen LogP contribution in [0, 0.1) is 0 Å². The summed E-state index contributed by atoms with van der Waals surface area (Å²) in [6.45, 7) is 0.417. The molecule has 1 atom stereocenters. The lowest BCUT2D eigenvalue weighted by Gasteiger charge is -2.37. The monoisotopic (exact) mass is 392 g/mol. The second-order valence-electron chi connectivity index (χ2n) is 6.82. The van der Waals surface area contributed by atoms with E-state index in [1.54, 1.807) is 0 Å². The first-order valence-electron chi connectivity index (χ1n) is 9.95. The van der Waals surface area contributed by atoms with E-state index in [0.717, 1.165) is 16.7 Å². The van der Waals surface area contributed by atoms with E-state index in [4.69, 9.17) is 14.6 Å². The molecule has 3 rings (SSSR count). The summed E-state index contributed by atoms with van der Waals surface area (Å²) in [4.78, 5) is 0. The van der Waals surface area contributed by atoms with Gasteiger partial charge in [-0.25, -0.2) is 0 Å². The van der Waals surface area contributed by atoms with Gasteiger partial charge in [0, 0.05) is 6.61 Å². The lowest BCUT2D eigenvalue weighted by molar-refractivity contribution is -0.0762. The molecule has 4 heteroatoms. The van der Waals surface area contributed by atoms with Crippen LogP contribution in [0.2, 0.25) is 0 Å². The lowest BCUT2D eigenvalue weighted by Crippen LogP contribution is -2.36. The van der Waals surface area contributed by atoms with Crippen molar-refractivity contribution in [2.24, 2.45) is 0 Å². The van der Waals surface area contributed by atoms with Gasteiger partial charge in [0.15, 0.2) is 0 Å². The van der Waals surface area contributed by atoms with E-state index in [0.29, 0.717) is 6.42 Å². The summed E-state index contributed by atoms with van der Waals surface area (Å²) >= 11 is 0. The molecule has 0 amide bonds. The Morgan fingerprint density at radius 3 is 1.48 bits per heavy atom. The maximum absolute atomic E-state index is 9.42. The number of hydrogen-bond acceptors (Lipinski definition) is 4. The van der Waals surface area contributed by atoms with Crippen molar-refractivity contribution in [3.8, 4) is 0 Å². The van der Waals surface area contributed by atoms with Crippen molar-refractivity contribution >= 4 is 0 Å². The minimum Gasteiger partial charge on any atom is -0.396 e. The molecule has 152 valence electrons. The van der Waals surface area contributed by atoms with Crippen LogP contribution in [0.3, 0.4) is 0 Å². The summed E-state index contributed by atoms with van der Waals surface area (Å²) in [5.41, 5.74) is 2.23. The van der Waals surface area contributed by atoms with E-state index in [1.165, 1.54) is 0 Å². The average molecular weight is 392 g/mol. The molecule has 3 aromatic carbocycles. The molecule has 0 fully saturated rings. The largest absolute Gasteiger partial charge is 0.396 e. The van der Waals surface area contributed by atoms with Crippen LogP contribution in [0.25, 0.3) is 0 Å². The third-order valence-electron chi connectivity index (χ3n) is 4.92. The Morgan fingerprint density at radius 1 is 0.655 bits per heavy atom. The van der Waals surface area contributed by atoms with E-state index in [9.17, 15) is 5.11 Å². The minimum atomic E-state index is -0.819. The Balaban J connectivity index is 2.07. The van der Waals surface area contributed by atoms with Gasteiger partial charge in [0.05, 0.1) is 25.9 Å². The molecule has 0 aliphatic carbocycles. The fraction of sp³-hybridized carbons (Fsp3) is 0.280. The first kappa shape index (κ1) is 21.2. The van der Waals surface area contributed by atoms with Gasteiger partial charge in [0.1, 0.15) is 5.60 Å². The average Bonchev–Trinajstić information content (AvgIpc) is 2.80. The highest BCUT2D eigenvalue weighted by molar-refractivity contribution is 5.47. The van der Waals surface area contributed by atoms with Crippen LogP contribution < -0.4 is 0 Å². The Kier molecular flexibility index (Phi) is 7.96. The van der Waals surface area contributed by atoms with Crippen molar-refractivity contribution < 1.29 is 19.7 Å². The summed E-state index contributed by atoms with van der Waals surface area (Å²) in [6, 6.07) is 30.4. The molecule has 0 heterocycles. The molecular weight excluding hydrogens is 364 g/mol. The number of aliphatic hydroxyl groups excluding tert-OH is 2. The van der Waals surface area contributed by atoms with Gasteiger partial charge >= 0.3 is 0 Å². The van der Waals surface area contributed by atoms with Crippen molar-refractivity contribution in [1.82, 2.24) is 0 Å². The van der Waals surface area contributed by atoms with E-state index in [-0.39, 0.29) is 32.5 Å². The highest BCUT2D eigenvalue weighted by Gasteiger charge is 2.38. The Bertz CT molecular complexity index is 725. The molecule has 2 N–H and O–H groups in total. The van der Waals surface area contributed by atoms with Gasteiger partial charge in [-0.2, -0.15) is 0 Å². The van der Waals surface area contributed by atoms with Crippen molar-refractivity contribution in [3.63, 3.8) is 0 Å². The topological polar surface area (TPSA) is 58.9 Å². The quantitative estimate of drug-likeness (QED) is 0.488. The third-order valence-corrected chi connectivity index (χ3v) is 4.92. The fourth-order valence-corrected chi connectivity index (χ4v) is 3.56. The predicted octanol–water partition coefficient (Wildman–Crippen LogP) is 3.76. The lowest BCUT2D eigenvalue weighted by atomic mass is 9.80. The van der Waals surface area contributed by atoms with Crippen LogP contribution in [0.5, 0.6) is 0 Å². The highest BCUT2D eigenvalue weighted by Crippen LogP contribution is 2.40. The SMILES string of the molecule is OCCOC(CCO)COC(c1ccccc1)(c1ccccc1)c1ccccc1. The van der Waals surface area contributed by atoms with Crippen LogP contribution >= 0.6 is 0 Å². The molecule has 29 heavy (non-hydrogen) atoms. The fourth-order valence-electron chi connectivity index (χ4n) is 3.56. The van der Waals surface area contributed by atoms with E-state index in [2.05, 4.69) is 36.4 Å². The first-order chi connectivity index (χ1) is 14.3. The number of benzene rings is 3. The molecule has 0 spiro atoms. The van der Waals surface area contributed by atoms with Crippen LogP contribution in [-0.4, -0.2) is 42.7 Å². The maximum atomic E-state index is 9.42. The summed E-state index contributed by atoms with van der Waals surface area (Å²) in [5.74, 6) is 0. The smallest absolute Gasteiger partial charge is 0.143 e. The molecule has 0 bridgehead atoms. The number of rotatable bonds is 11. The number of aliphatic hydroxyl groups is 2. The predicted molar refractivity (Wildman–Crippen MR) is 114 cm³/mol. The van der Waals surface area contributed by atoms with Gasteiger partial charge in [0.2, 0.25) is 0 Å². The Labute approximate surface area is 172 Å². The summed E-state index contributed by atoms with van der Waals surface area (Å²) in [6.07, 6.45) is 0.122. The van der Waals surface area contributed by atoms with Crippen molar-refractivity contribution in [2.45, 2.75) is 18.1 Å². The van der Waals surface area contributed by atoms with Gasteiger partial charge in [-0.3, -0.25) is 0 Å². The first-order valence-corrected chi connectivity index (χ1v) is 9.95. The third kappa shape index (κ3) is 5.11. The molecule has 0 aliphatic heterocycles. The van der Waals surface area contributed by atoms with Gasteiger partial charge in [-0.05, 0) is 23.1 Å². The number of hydrogen-bond donors (Lipinski definition) is 2. The van der Waals surface area contributed by atoms with Gasteiger partial charge in [-0.15, -0.1) is 0 Å². The minimum absolute atomic E-state index is 0.00549. The van der Waals surface area contributed by atoms with Crippen LogP contribution in [0.15, 0.2) is 91.0 Å². The van der Waals surface area contributed by atoms with E-state index < -0.39 is 5.60 Å². The van der Waals surface area contributed by atoms with Gasteiger partial charge in [-0.1, -0.05) is 91.0 Å². The number of ether oxygens (including phenoxy) is 2. The summed E-state index contributed by atoms with van der Waals surface area (Å²) in [5, 5.41) is 18.5. The van der Waals surface area contributed by atoms with Gasteiger partial charge < -0.3 is 19.7 Å². The van der Waals surface area contributed by atoms with Crippen LogP contribution in [0.1, 0.15) is 23.1 Å². The van der Waals surface area contributed by atoms with Crippen molar-refractivity contribution in [3.05, 3.63) is 108 Å². The highest BCUT2D eigenvalue weighted by atomic mass is 16.5. The Morgan fingerprint density at radius 2 is 1.10 bits per heavy atom. The Hall–Kier alpha value is -2.50. The molecule has 3 aromatic rings. The zero-order chi connectivity index (χ0) is 20.4.